The quantitative estimate of drug-likeness (QED) is 0.0454. The number of hydrogen-bond acceptors (Lipinski definition) is 9. The molecule has 15 N–H and O–H groups in total. The van der Waals surface area contributed by atoms with Gasteiger partial charge in [-0.2, -0.15) is 0 Å². The number of rotatable bonds is 13. The standard InChI is InChI=1S/C48H62N14O6/c49-32-24-40-46(68)61-26-30-14-5-4-13-29(30)23-39(61)44(66)57-35(17-8-9-19-54-47(50)51)41(63)59-37(21-28-11-2-1-3-12-28)42(64)60-38(22-31-25-56-34-16-7-6-15-33(31)34)43(65)58-36(45(67)62(40)27-32)18-10-20-55-48(52)53/h1-7,11-16,25,32,35-40,56H,8-10,17-24,26-27,49H2,(H,57,66)(H,58,65)(H,59,63)(H,60,64)(H4,50,51,54)(H4,52,53,55)/t32-,35-,36-,37+,38-,39-,40+/m0/s1. The van der Waals surface area contributed by atoms with Gasteiger partial charge in [0.25, 0.3) is 0 Å². The van der Waals surface area contributed by atoms with Gasteiger partial charge in [-0.3, -0.25) is 38.8 Å². The zero-order valence-corrected chi connectivity index (χ0v) is 37.9. The predicted octanol–water partition coefficient (Wildman–Crippen LogP) is -0.715. The smallest absolute Gasteiger partial charge is 0.246 e. The van der Waals surface area contributed by atoms with Gasteiger partial charge in [-0.25, -0.2) is 0 Å². The number of nitrogens with zero attached hydrogens (tertiary/aromatic N) is 4. The van der Waals surface area contributed by atoms with E-state index in [9.17, 15) is 24.0 Å². The van der Waals surface area contributed by atoms with Gasteiger partial charge in [-0.05, 0) is 66.8 Å². The summed E-state index contributed by atoms with van der Waals surface area (Å²) in [5.41, 5.74) is 32.8. The Morgan fingerprint density at radius 1 is 0.588 bits per heavy atom. The Bertz CT molecular complexity index is 2520. The lowest BCUT2D eigenvalue weighted by Crippen LogP contribution is -2.63. The maximum atomic E-state index is 15.0. The van der Waals surface area contributed by atoms with Crippen LogP contribution in [-0.4, -0.2) is 124 Å². The highest BCUT2D eigenvalue weighted by molar-refractivity contribution is 5.99. The molecule has 1 aromatic heterocycles. The Labute approximate surface area is 394 Å². The fourth-order valence-corrected chi connectivity index (χ4v) is 9.30. The van der Waals surface area contributed by atoms with Crippen LogP contribution in [0.25, 0.3) is 10.9 Å². The first-order valence-electron chi connectivity index (χ1n) is 23.1. The van der Waals surface area contributed by atoms with Crippen molar-refractivity contribution in [2.45, 2.75) is 107 Å². The van der Waals surface area contributed by atoms with E-state index in [1.54, 1.807) is 18.3 Å². The van der Waals surface area contributed by atoms with Crippen LogP contribution in [0.4, 0.5) is 0 Å². The average Bonchev–Trinajstić information content (AvgIpc) is 3.93. The van der Waals surface area contributed by atoms with Crippen LogP contribution in [-0.2, 0) is 54.6 Å². The van der Waals surface area contributed by atoms with Crippen LogP contribution < -0.4 is 49.9 Å². The summed E-state index contributed by atoms with van der Waals surface area (Å²) < 4.78 is 0. The van der Waals surface area contributed by atoms with E-state index in [1.807, 2.05) is 66.7 Å². The molecule has 2 fully saturated rings. The molecule has 0 radical (unpaired) electrons. The maximum absolute atomic E-state index is 15.0. The van der Waals surface area contributed by atoms with Crippen molar-refractivity contribution >= 4 is 58.3 Å². The van der Waals surface area contributed by atoms with E-state index in [1.165, 1.54) is 9.80 Å². The van der Waals surface area contributed by atoms with Crippen molar-refractivity contribution in [1.82, 2.24) is 36.1 Å². The fourth-order valence-electron chi connectivity index (χ4n) is 9.30. The van der Waals surface area contributed by atoms with Crippen molar-refractivity contribution in [3.05, 3.63) is 107 Å². The molecule has 0 spiro atoms. The minimum absolute atomic E-state index is 0.00440. The summed E-state index contributed by atoms with van der Waals surface area (Å²) in [5.74, 6) is -3.89. The Hall–Kier alpha value is -7.48. The third kappa shape index (κ3) is 12.1. The average molecular weight is 931 g/mol. The summed E-state index contributed by atoms with van der Waals surface area (Å²) in [6, 6.07) is 16.3. The van der Waals surface area contributed by atoms with Gasteiger partial charge in [0.2, 0.25) is 35.4 Å². The summed E-state index contributed by atoms with van der Waals surface area (Å²) in [6.45, 7) is 0.460. The minimum Gasteiger partial charge on any atom is -0.370 e. The number of benzene rings is 3. The van der Waals surface area contributed by atoms with Gasteiger partial charge in [0.05, 0.1) is 0 Å². The predicted molar refractivity (Wildman–Crippen MR) is 257 cm³/mol. The van der Waals surface area contributed by atoms with Crippen molar-refractivity contribution in [2.24, 2.45) is 38.7 Å². The number of amides is 6. The molecule has 7 atom stereocenters. The number of hydrogen-bond donors (Lipinski definition) is 10. The Balaban J connectivity index is 1.31. The number of fused-ring (bicyclic) bond motifs is 4. The summed E-state index contributed by atoms with van der Waals surface area (Å²) >= 11 is 0. The molecule has 20 heteroatoms. The number of para-hydroxylation sites is 1. The lowest BCUT2D eigenvalue weighted by atomic mass is 9.92. The number of H-pyrrole nitrogens is 1. The molecule has 0 aliphatic carbocycles. The Morgan fingerprint density at radius 2 is 1.18 bits per heavy atom. The van der Waals surface area contributed by atoms with E-state index in [-0.39, 0.29) is 83.0 Å². The molecule has 6 amide bonds. The third-order valence-electron chi connectivity index (χ3n) is 12.8. The van der Waals surface area contributed by atoms with Crippen molar-refractivity contribution in [1.29, 1.82) is 0 Å². The molecule has 3 aromatic carbocycles. The molecule has 7 rings (SSSR count). The van der Waals surface area contributed by atoms with E-state index in [0.717, 1.165) is 22.0 Å². The number of unbranched alkanes of at least 4 members (excludes halogenated alkanes) is 1. The molecule has 360 valence electrons. The molecule has 0 unspecified atom stereocenters. The highest BCUT2D eigenvalue weighted by Crippen LogP contribution is 2.29. The molecule has 2 saturated heterocycles. The van der Waals surface area contributed by atoms with Crippen molar-refractivity contribution < 1.29 is 28.8 Å². The summed E-state index contributed by atoms with van der Waals surface area (Å²) in [5, 5.41) is 12.5. The van der Waals surface area contributed by atoms with Crippen LogP contribution >= 0.6 is 0 Å². The normalized spacial score (nSPS) is 23.8. The minimum atomic E-state index is -1.28. The molecule has 3 aliphatic rings. The van der Waals surface area contributed by atoms with Crippen molar-refractivity contribution in [2.75, 3.05) is 19.6 Å². The monoisotopic (exact) mass is 930 g/mol. The van der Waals surface area contributed by atoms with Crippen molar-refractivity contribution in [3.8, 4) is 0 Å². The molecule has 4 aromatic rings. The van der Waals surface area contributed by atoms with Crippen LogP contribution in [0.15, 0.2) is 95.0 Å². The Morgan fingerprint density at radius 3 is 1.90 bits per heavy atom. The lowest BCUT2D eigenvalue weighted by Gasteiger charge is -2.40. The van der Waals surface area contributed by atoms with Crippen LogP contribution in [0.1, 0.15) is 60.8 Å². The molecule has 0 bridgehead atoms. The molecule has 4 heterocycles. The number of carbonyl (C=O) groups excluding carboxylic acids is 6. The van der Waals surface area contributed by atoms with E-state index in [2.05, 4.69) is 36.2 Å². The van der Waals surface area contributed by atoms with Gasteiger partial charge >= 0.3 is 0 Å². The number of nitrogens with one attached hydrogen (secondary N) is 5. The number of carbonyl (C=O) groups is 6. The highest BCUT2D eigenvalue weighted by Gasteiger charge is 2.46. The fraction of sp³-hybridized carbons (Fsp3) is 0.417. The summed E-state index contributed by atoms with van der Waals surface area (Å²) in [7, 11) is 0. The van der Waals surface area contributed by atoms with Gasteiger partial charge < -0.3 is 64.7 Å². The molecule has 0 saturated carbocycles. The second-order valence-electron chi connectivity index (χ2n) is 17.7. The number of guanidine groups is 2. The second-order valence-corrected chi connectivity index (χ2v) is 17.7. The van der Waals surface area contributed by atoms with E-state index >= 15 is 4.79 Å². The van der Waals surface area contributed by atoms with Crippen molar-refractivity contribution in [3.63, 3.8) is 0 Å². The van der Waals surface area contributed by atoms with Gasteiger partial charge in [-0.1, -0.05) is 72.8 Å². The number of aromatic nitrogens is 1. The SMILES string of the molecule is NC(N)=NCCCC[C@@H]1NC(=O)[C@@H]2Cc3ccccc3CN2C(=O)[C@H]2C[C@H](N)CN2C(=O)[C@H](CCCN=C(N)N)NC(=O)[C@H](Cc2c[nH]c3ccccc23)NC(=O)[C@@H](Cc2ccccc2)NC1=O. The van der Waals surface area contributed by atoms with Crippen LogP contribution in [0.2, 0.25) is 0 Å². The second kappa shape index (κ2) is 22.3. The van der Waals surface area contributed by atoms with E-state index in [4.69, 9.17) is 28.7 Å². The summed E-state index contributed by atoms with van der Waals surface area (Å²) in [4.78, 5) is 103. The molecule has 20 nitrogen and oxygen atoms in total. The zero-order valence-electron chi connectivity index (χ0n) is 37.9. The van der Waals surface area contributed by atoms with E-state index < -0.39 is 77.7 Å². The van der Waals surface area contributed by atoms with E-state index in [0.29, 0.717) is 24.0 Å². The molecule has 68 heavy (non-hydrogen) atoms. The number of aromatic amines is 1. The Kier molecular flexibility index (Phi) is 15.9. The van der Waals surface area contributed by atoms with Gasteiger partial charge in [0.15, 0.2) is 11.9 Å². The number of nitrogens with two attached hydrogens (primary N) is 5. The van der Waals surface area contributed by atoms with Crippen LogP contribution in [0, 0.1) is 0 Å². The maximum Gasteiger partial charge on any atom is 0.246 e. The molecular formula is C48H62N14O6. The lowest BCUT2D eigenvalue weighted by molar-refractivity contribution is -0.150. The molecular weight excluding hydrogens is 869 g/mol. The molecule has 3 aliphatic heterocycles. The topological polar surface area (TPSA) is 328 Å². The first-order valence-corrected chi connectivity index (χ1v) is 23.1. The van der Waals surface area contributed by atoms with Crippen LogP contribution in [0.3, 0.4) is 0 Å². The summed E-state index contributed by atoms with van der Waals surface area (Å²) in [6.07, 6.45) is 3.31. The van der Waals surface area contributed by atoms with Gasteiger partial charge in [0, 0.05) is 68.6 Å². The number of aliphatic imine (C=N–C) groups is 2. The highest BCUT2D eigenvalue weighted by atomic mass is 16.2. The first kappa shape index (κ1) is 48.5. The van der Waals surface area contributed by atoms with Crippen LogP contribution in [0.5, 0.6) is 0 Å². The third-order valence-corrected chi connectivity index (χ3v) is 12.8. The zero-order chi connectivity index (χ0) is 48.3. The van der Waals surface area contributed by atoms with Gasteiger partial charge in [-0.15, -0.1) is 0 Å². The van der Waals surface area contributed by atoms with Gasteiger partial charge in [0.1, 0.15) is 36.3 Å². The first-order chi connectivity index (χ1) is 32.7. The largest absolute Gasteiger partial charge is 0.370 e.